The summed E-state index contributed by atoms with van der Waals surface area (Å²) >= 11 is 1.52. The van der Waals surface area contributed by atoms with Crippen LogP contribution in [-0.4, -0.2) is 24.7 Å². The van der Waals surface area contributed by atoms with Crippen molar-refractivity contribution in [1.82, 2.24) is 4.57 Å². The van der Waals surface area contributed by atoms with Crippen LogP contribution in [0.3, 0.4) is 0 Å². The van der Waals surface area contributed by atoms with Gasteiger partial charge in [0.25, 0.3) is 5.91 Å². The molecule has 0 radical (unpaired) electrons. The van der Waals surface area contributed by atoms with Crippen molar-refractivity contribution in [2.75, 3.05) is 14.2 Å². The quantitative estimate of drug-likeness (QED) is 0.526. The maximum absolute atomic E-state index is 12.6. The molecule has 1 amide bonds. The highest BCUT2D eigenvalue weighted by molar-refractivity contribution is 7.16. The van der Waals surface area contributed by atoms with Crippen LogP contribution in [0.4, 0.5) is 0 Å². The number of carbonyl (C=O) groups excluding carboxylic acids is 1. The molecule has 0 aliphatic carbocycles. The molecule has 4 aromatic rings. The molecule has 0 saturated carbocycles. The second kappa shape index (κ2) is 7.48. The van der Waals surface area contributed by atoms with Crippen molar-refractivity contribution in [2.45, 2.75) is 6.42 Å². The number of nitrogens with zero attached hydrogens (tertiary/aromatic N) is 2. The average molecular weight is 392 g/mol. The predicted molar refractivity (Wildman–Crippen MR) is 112 cm³/mol. The number of ether oxygens (including phenoxy) is 2. The first-order chi connectivity index (χ1) is 13.6. The van der Waals surface area contributed by atoms with Crippen LogP contribution in [-0.2, 0) is 18.3 Å². The van der Waals surface area contributed by atoms with Gasteiger partial charge in [0.05, 0.1) is 30.9 Å². The minimum absolute atomic E-state index is 0.196. The van der Waals surface area contributed by atoms with Crippen molar-refractivity contribution in [3.63, 3.8) is 0 Å². The Bertz CT molecular complexity index is 1250. The summed E-state index contributed by atoms with van der Waals surface area (Å²) in [5.41, 5.74) is 1.93. The normalized spacial score (nSPS) is 11.9. The molecule has 0 spiro atoms. The molecule has 6 heteroatoms. The number of aromatic nitrogens is 1. The van der Waals surface area contributed by atoms with E-state index in [1.165, 1.54) is 16.7 Å². The smallest absolute Gasteiger partial charge is 0.252 e. The highest BCUT2D eigenvalue weighted by atomic mass is 32.1. The molecular weight excluding hydrogens is 372 g/mol. The second-order valence-corrected chi connectivity index (χ2v) is 7.46. The summed E-state index contributed by atoms with van der Waals surface area (Å²) in [5, 5.41) is 2.33. The standard InChI is InChI=1S/C22H20N2O3S/c1-24-21-16-7-5-4-6-15(16)9-11-19(21)28-22(24)23-20(25)13-14-8-10-17(26-2)18(12-14)27-3/h4-12H,13H2,1-3H3. The van der Waals surface area contributed by atoms with E-state index in [1.54, 1.807) is 20.3 Å². The van der Waals surface area contributed by atoms with E-state index in [1.807, 2.05) is 35.9 Å². The van der Waals surface area contributed by atoms with Crippen molar-refractivity contribution >= 4 is 38.2 Å². The van der Waals surface area contributed by atoms with Crippen LogP contribution in [0.1, 0.15) is 5.56 Å². The van der Waals surface area contributed by atoms with Gasteiger partial charge in [-0.2, -0.15) is 4.99 Å². The molecule has 0 atom stereocenters. The second-order valence-electron chi connectivity index (χ2n) is 6.45. The number of methoxy groups -OCH3 is 2. The molecule has 0 fully saturated rings. The Morgan fingerprint density at radius 1 is 1.04 bits per heavy atom. The Hall–Kier alpha value is -3.12. The number of thiazole rings is 1. The van der Waals surface area contributed by atoms with Crippen molar-refractivity contribution < 1.29 is 14.3 Å². The Morgan fingerprint density at radius 2 is 1.82 bits per heavy atom. The molecule has 1 aromatic heterocycles. The van der Waals surface area contributed by atoms with Crippen LogP contribution < -0.4 is 14.3 Å². The third-order valence-electron chi connectivity index (χ3n) is 4.71. The zero-order valence-corrected chi connectivity index (χ0v) is 16.7. The molecular formula is C22H20N2O3S. The van der Waals surface area contributed by atoms with Crippen LogP contribution in [0.15, 0.2) is 59.6 Å². The van der Waals surface area contributed by atoms with Gasteiger partial charge in [-0.15, -0.1) is 0 Å². The number of hydrogen-bond acceptors (Lipinski definition) is 4. The molecule has 3 aromatic carbocycles. The first kappa shape index (κ1) is 18.3. The molecule has 0 bridgehead atoms. The maximum atomic E-state index is 12.6. The zero-order chi connectivity index (χ0) is 19.7. The molecule has 1 heterocycles. The summed E-state index contributed by atoms with van der Waals surface area (Å²) in [6, 6.07) is 17.9. The molecule has 4 rings (SSSR count). The summed E-state index contributed by atoms with van der Waals surface area (Å²) in [6.07, 6.45) is 0.204. The summed E-state index contributed by atoms with van der Waals surface area (Å²) in [4.78, 5) is 17.6. The van der Waals surface area contributed by atoms with E-state index < -0.39 is 0 Å². The fourth-order valence-corrected chi connectivity index (χ4v) is 4.39. The van der Waals surface area contributed by atoms with E-state index in [9.17, 15) is 4.79 Å². The van der Waals surface area contributed by atoms with Gasteiger partial charge in [0.1, 0.15) is 0 Å². The molecule has 28 heavy (non-hydrogen) atoms. The van der Waals surface area contributed by atoms with E-state index in [0.717, 1.165) is 21.2 Å². The summed E-state index contributed by atoms with van der Waals surface area (Å²) in [5.74, 6) is 1.05. The van der Waals surface area contributed by atoms with Crippen LogP contribution in [0, 0.1) is 0 Å². The van der Waals surface area contributed by atoms with Crippen LogP contribution in [0.25, 0.3) is 21.0 Å². The predicted octanol–water partition coefficient (Wildman–Crippen LogP) is 4.08. The Balaban J connectivity index is 1.71. The Kier molecular flexibility index (Phi) is 4.88. The lowest BCUT2D eigenvalue weighted by Gasteiger charge is -2.08. The van der Waals surface area contributed by atoms with Gasteiger partial charge in [-0.25, -0.2) is 0 Å². The third kappa shape index (κ3) is 3.27. The van der Waals surface area contributed by atoms with E-state index >= 15 is 0 Å². The van der Waals surface area contributed by atoms with Gasteiger partial charge in [-0.05, 0) is 29.1 Å². The fourth-order valence-electron chi connectivity index (χ4n) is 3.34. The lowest BCUT2D eigenvalue weighted by Crippen LogP contribution is -2.14. The SMILES string of the molecule is COc1ccc(CC(=O)N=c2sc3ccc4ccccc4c3n2C)cc1OC. The number of benzene rings is 3. The number of carbonyl (C=O) groups is 1. The summed E-state index contributed by atoms with van der Waals surface area (Å²) in [6.45, 7) is 0. The Morgan fingerprint density at radius 3 is 2.61 bits per heavy atom. The van der Waals surface area contributed by atoms with Gasteiger partial charge in [0.15, 0.2) is 16.3 Å². The number of fused-ring (bicyclic) bond motifs is 3. The first-order valence-electron chi connectivity index (χ1n) is 8.86. The minimum atomic E-state index is -0.196. The van der Waals surface area contributed by atoms with Gasteiger partial charge in [-0.3, -0.25) is 4.79 Å². The van der Waals surface area contributed by atoms with Gasteiger partial charge in [0, 0.05) is 12.4 Å². The lowest BCUT2D eigenvalue weighted by atomic mass is 10.1. The lowest BCUT2D eigenvalue weighted by molar-refractivity contribution is -0.117. The van der Waals surface area contributed by atoms with Crippen molar-refractivity contribution in [3.05, 3.63) is 65.0 Å². The number of amides is 1. The Labute approximate surface area is 166 Å². The van der Waals surface area contributed by atoms with Crippen molar-refractivity contribution in [1.29, 1.82) is 0 Å². The first-order valence-corrected chi connectivity index (χ1v) is 9.68. The largest absolute Gasteiger partial charge is 0.493 e. The summed E-state index contributed by atoms with van der Waals surface area (Å²) < 4.78 is 13.7. The summed E-state index contributed by atoms with van der Waals surface area (Å²) in [7, 11) is 5.12. The number of rotatable bonds is 4. The molecule has 142 valence electrons. The molecule has 0 unspecified atom stereocenters. The van der Waals surface area contributed by atoms with E-state index in [-0.39, 0.29) is 12.3 Å². The van der Waals surface area contributed by atoms with Crippen LogP contribution >= 0.6 is 11.3 Å². The zero-order valence-electron chi connectivity index (χ0n) is 15.9. The fraction of sp³-hybridized carbons (Fsp3) is 0.182. The van der Waals surface area contributed by atoms with Crippen LogP contribution in [0.2, 0.25) is 0 Å². The highest BCUT2D eigenvalue weighted by Crippen LogP contribution is 2.28. The van der Waals surface area contributed by atoms with Gasteiger partial charge in [-0.1, -0.05) is 47.7 Å². The molecule has 5 nitrogen and oxygen atoms in total. The number of aryl methyl sites for hydroxylation is 1. The van der Waals surface area contributed by atoms with Gasteiger partial charge < -0.3 is 14.0 Å². The monoisotopic (exact) mass is 392 g/mol. The maximum Gasteiger partial charge on any atom is 0.252 e. The van der Waals surface area contributed by atoms with Crippen molar-refractivity contribution in [2.24, 2.45) is 12.0 Å². The third-order valence-corrected chi connectivity index (χ3v) is 5.81. The van der Waals surface area contributed by atoms with Crippen molar-refractivity contribution in [3.8, 4) is 11.5 Å². The van der Waals surface area contributed by atoms with Gasteiger partial charge >= 0.3 is 0 Å². The minimum Gasteiger partial charge on any atom is -0.493 e. The topological polar surface area (TPSA) is 52.8 Å². The molecule has 0 aliphatic heterocycles. The molecule has 0 N–H and O–H groups in total. The van der Waals surface area contributed by atoms with Crippen LogP contribution in [0.5, 0.6) is 11.5 Å². The van der Waals surface area contributed by atoms with Gasteiger partial charge in [0.2, 0.25) is 0 Å². The molecule has 0 saturated heterocycles. The highest BCUT2D eigenvalue weighted by Gasteiger charge is 2.10. The average Bonchev–Trinajstić information content (AvgIpc) is 3.03. The molecule has 0 aliphatic rings. The number of hydrogen-bond donors (Lipinski definition) is 0. The van der Waals surface area contributed by atoms with E-state index in [2.05, 4.69) is 29.3 Å². The van der Waals surface area contributed by atoms with E-state index in [4.69, 9.17) is 9.47 Å². The van der Waals surface area contributed by atoms with E-state index in [0.29, 0.717) is 16.3 Å².